The Bertz CT molecular complexity index is 3330. The molecular formula is C60H66N8O17S. The topological polar surface area (TPSA) is 334 Å². The summed E-state index contributed by atoms with van der Waals surface area (Å²) in [6.07, 6.45) is 4.00. The molecule has 0 unspecified atom stereocenters. The molecule has 8 amide bonds. The first kappa shape index (κ1) is 63.9. The molecule has 0 aliphatic carbocycles. The first-order valence-corrected chi connectivity index (χ1v) is 28.5. The maximum absolute atomic E-state index is 13.4. The van der Waals surface area contributed by atoms with E-state index in [4.69, 9.17) is 28.8 Å². The number of hydrogen-bond donors (Lipinski definition) is 6. The van der Waals surface area contributed by atoms with Crippen molar-refractivity contribution in [3.8, 4) is 23.1 Å². The number of carboxylic acids is 1. The van der Waals surface area contributed by atoms with Gasteiger partial charge in [0.1, 0.15) is 12.6 Å². The lowest BCUT2D eigenvalue weighted by Gasteiger charge is -2.19. The van der Waals surface area contributed by atoms with E-state index in [2.05, 4.69) is 31.6 Å². The molecule has 1 atom stereocenters. The summed E-state index contributed by atoms with van der Waals surface area (Å²) < 4.78 is 29.3. The van der Waals surface area contributed by atoms with Crippen molar-refractivity contribution in [3.63, 3.8) is 0 Å². The molecule has 0 fully saturated rings. The van der Waals surface area contributed by atoms with Gasteiger partial charge in [-0.2, -0.15) is 0 Å². The zero-order valence-electron chi connectivity index (χ0n) is 47.4. The summed E-state index contributed by atoms with van der Waals surface area (Å²) in [5, 5.41) is 22.4. The van der Waals surface area contributed by atoms with Crippen LogP contribution in [-0.2, 0) is 78.8 Å². The largest absolute Gasteiger partial charge is 0.493 e. The number of nitrogens with zero attached hydrogens (tertiary/aromatic N) is 3. The van der Waals surface area contributed by atoms with E-state index < -0.39 is 67.2 Å². The Morgan fingerprint density at radius 2 is 1.37 bits per heavy atom. The number of nitrogens with one attached hydrogen (secondary N) is 5. The van der Waals surface area contributed by atoms with Crippen LogP contribution in [0, 0.1) is 0 Å². The number of fused-ring (bicyclic) bond motifs is 2. The predicted molar refractivity (Wildman–Crippen MR) is 310 cm³/mol. The van der Waals surface area contributed by atoms with Crippen LogP contribution in [0.4, 0.5) is 5.69 Å². The molecule has 5 aromatic rings. The molecule has 454 valence electrons. The standard InChI is InChI=1S/C60H66N8O17S/c1-81-45-30-48-39(29-49(86-48)44(69)17-21-57(77)78)27-46(45)83-24-9-25-84-60-47(82-2)28-40-34-67(35-43(40)66-60)54(74)20-22-58(79)85-36-38-13-15-41(16-14-38)64-52(72)33-63-59(80)42(26-37-10-5-3-6-11-37)65-53(73)32-62-51(71)31-61-50(70)12-7-4-8-23-68-55(75)18-19-56(68)76/h3,5-6,10-11,13-16,18-19,27-30,42H,4,7-9,12,17,20-26,31-36H2,1-2H3,(H,61,70)(H,62,71)(H,63,80)(H,64,72)(H,65,73)(H,77,78)/t42-/m0/s1. The number of carboxylic acid groups (broad SMARTS) is 1. The van der Waals surface area contributed by atoms with Crippen molar-refractivity contribution in [1.82, 2.24) is 36.1 Å². The van der Waals surface area contributed by atoms with Crippen LogP contribution in [-0.4, -0.2) is 145 Å². The number of methoxy groups -OCH3 is 2. The lowest BCUT2D eigenvalue weighted by Crippen LogP contribution is -2.52. The zero-order chi connectivity index (χ0) is 61.5. The first-order chi connectivity index (χ1) is 41.4. The van der Waals surface area contributed by atoms with E-state index in [-0.39, 0.29) is 107 Å². The van der Waals surface area contributed by atoms with Crippen LogP contribution in [0.25, 0.3) is 10.1 Å². The van der Waals surface area contributed by atoms with Crippen LogP contribution >= 0.6 is 11.3 Å². The van der Waals surface area contributed by atoms with Gasteiger partial charge in [-0.3, -0.25) is 57.6 Å². The molecule has 2 aromatic heterocycles. The second-order valence-electron chi connectivity index (χ2n) is 19.8. The van der Waals surface area contributed by atoms with E-state index in [1.54, 1.807) is 83.8 Å². The van der Waals surface area contributed by atoms with E-state index in [0.717, 1.165) is 20.5 Å². The van der Waals surface area contributed by atoms with Gasteiger partial charge in [-0.15, -0.1) is 11.3 Å². The fraction of sp³-hybridized carbons (Fsp3) is 0.367. The second kappa shape index (κ2) is 31.8. The Balaban J connectivity index is 0.769. The van der Waals surface area contributed by atoms with Crippen molar-refractivity contribution in [2.45, 2.75) is 89.9 Å². The molecule has 0 spiro atoms. The van der Waals surface area contributed by atoms with Gasteiger partial charge < -0.3 is 60.3 Å². The molecule has 26 heteroatoms. The number of thiophene rings is 1. The van der Waals surface area contributed by atoms with Gasteiger partial charge >= 0.3 is 11.9 Å². The highest BCUT2D eigenvalue weighted by Crippen LogP contribution is 2.38. The fourth-order valence-electron chi connectivity index (χ4n) is 8.89. The molecule has 4 heterocycles. The Kier molecular flexibility index (Phi) is 23.6. The van der Waals surface area contributed by atoms with Crippen LogP contribution in [0.5, 0.6) is 23.1 Å². The highest BCUT2D eigenvalue weighted by molar-refractivity contribution is 7.20. The van der Waals surface area contributed by atoms with Gasteiger partial charge in [0.05, 0.1) is 77.0 Å². The number of anilines is 1. The minimum atomic E-state index is -1.13. The average molecular weight is 1200 g/mol. The number of esters is 1. The van der Waals surface area contributed by atoms with Crippen molar-refractivity contribution in [1.29, 1.82) is 0 Å². The minimum absolute atomic E-state index is 0.0683. The van der Waals surface area contributed by atoms with Gasteiger partial charge in [-0.1, -0.05) is 48.9 Å². The molecule has 0 saturated carbocycles. The lowest BCUT2D eigenvalue weighted by atomic mass is 10.1. The SMILES string of the molecule is COc1cc2sc(C(=O)CCC(=O)O)cc2cc1OCCCOc1nc2c(cc1OC)CN(C(=O)CCC(=O)OCc1ccc(NC(=O)CNC(=O)[C@H](Cc3ccccc3)NC(=O)CNC(=O)CNC(=O)CCCCCN3C(=O)C=CC3=O)cc1)C2. The number of amides is 8. The molecule has 0 bridgehead atoms. The maximum atomic E-state index is 13.4. The normalized spacial score (nSPS) is 12.7. The third-order valence-electron chi connectivity index (χ3n) is 13.4. The Morgan fingerprint density at radius 3 is 2.10 bits per heavy atom. The number of carbonyl (C=O) groups is 11. The van der Waals surface area contributed by atoms with E-state index in [1.807, 2.05) is 0 Å². The number of rotatable bonds is 34. The minimum Gasteiger partial charge on any atom is -0.493 e. The molecule has 7 rings (SSSR count). The number of unbranched alkanes of at least 4 members (excludes halogenated alkanes) is 2. The summed E-state index contributed by atoms with van der Waals surface area (Å²) in [4.78, 5) is 144. The number of imide groups is 1. The maximum Gasteiger partial charge on any atom is 0.306 e. The van der Waals surface area contributed by atoms with Crippen LogP contribution in [0.15, 0.2) is 91.0 Å². The molecule has 2 aliphatic heterocycles. The number of aromatic nitrogens is 1. The monoisotopic (exact) mass is 1200 g/mol. The van der Waals surface area contributed by atoms with Crippen LogP contribution < -0.4 is 45.5 Å². The summed E-state index contributed by atoms with van der Waals surface area (Å²) >= 11 is 1.26. The van der Waals surface area contributed by atoms with Gasteiger partial charge in [0, 0.05) is 73.8 Å². The number of pyridine rings is 1. The number of ketones is 1. The number of carbonyl (C=O) groups excluding carboxylic acids is 10. The number of aliphatic carboxylic acids is 1. The van der Waals surface area contributed by atoms with Gasteiger partial charge in [0.2, 0.25) is 35.4 Å². The molecule has 0 saturated heterocycles. The Hall–Kier alpha value is -9.72. The highest BCUT2D eigenvalue weighted by Gasteiger charge is 2.28. The summed E-state index contributed by atoms with van der Waals surface area (Å²) in [6, 6.07) is 21.2. The first-order valence-electron chi connectivity index (χ1n) is 27.6. The van der Waals surface area contributed by atoms with Gasteiger partial charge in [-0.05, 0) is 65.3 Å². The lowest BCUT2D eigenvalue weighted by molar-refractivity contribution is -0.147. The van der Waals surface area contributed by atoms with Gasteiger partial charge in [-0.25, -0.2) is 4.98 Å². The summed E-state index contributed by atoms with van der Waals surface area (Å²) in [7, 11) is 2.99. The predicted octanol–water partition coefficient (Wildman–Crippen LogP) is 4.07. The third kappa shape index (κ3) is 19.4. The van der Waals surface area contributed by atoms with Crippen molar-refractivity contribution in [3.05, 3.63) is 118 Å². The molecule has 86 heavy (non-hydrogen) atoms. The zero-order valence-corrected chi connectivity index (χ0v) is 48.2. The Morgan fingerprint density at radius 1 is 0.663 bits per heavy atom. The molecule has 2 aliphatic rings. The third-order valence-corrected chi connectivity index (χ3v) is 14.6. The molecule has 25 nitrogen and oxygen atoms in total. The second-order valence-corrected chi connectivity index (χ2v) is 20.9. The van der Waals surface area contributed by atoms with E-state index >= 15 is 0 Å². The van der Waals surface area contributed by atoms with E-state index in [1.165, 1.54) is 37.7 Å². The Labute approximate surface area is 498 Å². The summed E-state index contributed by atoms with van der Waals surface area (Å²) in [5.74, 6) is -4.29. The number of hydrogen-bond acceptors (Lipinski definition) is 18. The molecule has 6 N–H and O–H groups in total. The van der Waals surface area contributed by atoms with Crippen LogP contribution in [0.3, 0.4) is 0 Å². The average Bonchev–Trinajstić information content (AvgIpc) is 4.20. The van der Waals surface area contributed by atoms with Crippen molar-refractivity contribution >= 4 is 92.1 Å². The highest BCUT2D eigenvalue weighted by atomic mass is 32.1. The van der Waals surface area contributed by atoms with Gasteiger partial charge in [0.15, 0.2) is 23.0 Å². The van der Waals surface area contributed by atoms with Crippen molar-refractivity contribution in [2.75, 3.05) is 58.9 Å². The number of Topliss-reactive ketones (excluding diaryl/α,β-unsaturated/α-hetero) is 1. The molecular weight excluding hydrogens is 1140 g/mol. The smallest absolute Gasteiger partial charge is 0.306 e. The van der Waals surface area contributed by atoms with Crippen molar-refractivity contribution < 1.29 is 81.5 Å². The number of benzene rings is 3. The fourth-order valence-corrected chi connectivity index (χ4v) is 9.93. The van der Waals surface area contributed by atoms with Crippen LogP contribution in [0.2, 0.25) is 0 Å². The van der Waals surface area contributed by atoms with Crippen molar-refractivity contribution in [2.24, 2.45) is 0 Å². The molecule has 3 aromatic carbocycles. The van der Waals surface area contributed by atoms with Gasteiger partial charge in [0.25, 0.3) is 17.7 Å². The molecule has 0 radical (unpaired) electrons. The van der Waals surface area contributed by atoms with E-state index in [9.17, 15) is 52.7 Å². The van der Waals surface area contributed by atoms with E-state index in [0.29, 0.717) is 70.3 Å². The quantitative estimate of drug-likeness (QED) is 0.0146. The summed E-state index contributed by atoms with van der Waals surface area (Å²) in [5.41, 5.74) is 3.09. The van der Waals surface area contributed by atoms with Crippen LogP contribution in [0.1, 0.15) is 89.8 Å². The number of ether oxygens (including phenoxy) is 5. The summed E-state index contributed by atoms with van der Waals surface area (Å²) in [6.45, 7) is -0.273.